The van der Waals surface area contributed by atoms with Gasteiger partial charge < -0.3 is 10.6 Å². The molecule has 0 aliphatic rings. The van der Waals surface area contributed by atoms with E-state index in [1.54, 1.807) is 0 Å². The molecule has 0 aromatic heterocycles. The van der Waals surface area contributed by atoms with Gasteiger partial charge in [-0.25, -0.2) is 4.79 Å². The monoisotopic (exact) mass is 111 g/mol. The molecule has 0 heterocycles. The van der Waals surface area contributed by atoms with Crippen LogP contribution in [0.2, 0.25) is 0 Å². The Hall–Kier alpha value is -1.66. The first kappa shape index (κ1) is 6.34. The minimum atomic E-state index is -1.53. The molecule has 0 saturated heterocycles. The van der Waals surface area contributed by atoms with Crippen LogP contribution >= 0.6 is 0 Å². The van der Waals surface area contributed by atoms with Crippen molar-refractivity contribution in [2.45, 2.75) is 0 Å². The second-order valence-corrected chi connectivity index (χ2v) is 0.866. The van der Waals surface area contributed by atoms with Gasteiger partial charge in [0.15, 0.2) is 6.07 Å². The molecule has 0 fully saturated rings. The molecule has 0 spiro atoms. The summed E-state index contributed by atoms with van der Waals surface area (Å²) in [5, 5.41) is 15.6. The molecule has 0 saturated carbocycles. The van der Waals surface area contributed by atoms with Crippen LogP contribution in [0.3, 0.4) is 0 Å². The summed E-state index contributed by atoms with van der Waals surface area (Å²) in [6.07, 6.45) is 0. The van der Waals surface area contributed by atoms with Gasteiger partial charge in [0.2, 0.25) is 0 Å². The van der Waals surface area contributed by atoms with E-state index in [4.69, 9.17) is 15.9 Å². The molecule has 0 unspecified atom stereocenters. The molecule has 0 rings (SSSR count). The van der Waals surface area contributed by atoms with E-state index in [0.29, 0.717) is 0 Å². The van der Waals surface area contributed by atoms with Crippen LogP contribution in [-0.4, -0.2) is 21.6 Å². The second kappa shape index (κ2) is 2.50. The van der Waals surface area contributed by atoms with E-state index in [-0.39, 0.29) is 0 Å². The minimum absolute atomic E-state index is 0.912. The Labute approximate surface area is 44.4 Å². The molecule has 8 heavy (non-hydrogen) atoms. The summed E-state index contributed by atoms with van der Waals surface area (Å²) in [7, 11) is 0. The smallest absolute Gasteiger partial charge is 0.472 e. The van der Waals surface area contributed by atoms with E-state index in [2.05, 4.69) is 4.79 Å². The summed E-state index contributed by atoms with van der Waals surface area (Å²) in [4.78, 5) is 11.8. The van der Waals surface area contributed by atoms with Crippen LogP contribution in [0.15, 0.2) is 0 Å². The Morgan fingerprint density at radius 2 is 2.38 bits per heavy atom. The number of carboxylic acids is 1. The molecular weight excluding hydrogens is 110 g/mol. The van der Waals surface area contributed by atoms with Crippen molar-refractivity contribution in [3.63, 3.8) is 0 Å². The third-order valence-corrected chi connectivity index (χ3v) is 0.408. The predicted molar refractivity (Wildman–Crippen MR) is 21.9 cm³/mol. The first-order chi connectivity index (χ1) is 3.72. The van der Waals surface area contributed by atoms with E-state index in [0.717, 1.165) is 6.07 Å². The molecule has 0 aliphatic heterocycles. The van der Waals surface area contributed by atoms with Gasteiger partial charge in [0.25, 0.3) is 0 Å². The van der Waals surface area contributed by atoms with E-state index in [1.165, 1.54) is 0 Å². The van der Waals surface area contributed by atoms with Crippen molar-refractivity contribution in [3.8, 4) is 6.07 Å². The van der Waals surface area contributed by atoms with Crippen molar-refractivity contribution in [3.05, 3.63) is 5.53 Å². The van der Waals surface area contributed by atoms with Crippen molar-refractivity contribution in [1.29, 1.82) is 5.26 Å². The fraction of sp³-hybridized carbons (Fsp3) is 0. The Kier molecular flexibility index (Phi) is 1.98. The SMILES string of the molecule is N#CC(=[N+]=[N-])C(=O)O. The standard InChI is InChI=1S/C3HN3O2/c4-1-2(6-5)3(7)8/h(H,7,8). The van der Waals surface area contributed by atoms with Gasteiger partial charge in [0, 0.05) is 0 Å². The van der Waals surface area contributed by atoms with Gasteiger partial charge in [-0.15, -0.1) is 4.79 Å². The first-order valence-electron chi connectivity index (χ1n) is 1.57. The average Bonchev–Trinajstić information content (AvgIpc) is 1.69. The summed E-state index contributed by atoms with van der Waals surface area (Å²) in [5.74, 6) is -1.53. The highest BCUT2D eigenvalue weighted by atomic mass is 16.4. The highest BCUT2D eigenvalue weighted by Gasteiger charge is 2.15. The maximum atomic E-state index is 9.65. The third kappa shape index (κ3) is 1.20. The van der Waals surface area contributed by atoms with Crippen LogP contribution in [0.1, 0.15) is 0 Å². The lowest BCUT2D eigenvalue weighted by atomic mass is 10.4. The quantitative estimate of drug-likeness (QED) is 0.274. The Balaban J connectivity index is 4.46. The maximum absolute atomic E-state index is 9.65. The summed E-state index contributed by atoms with van der Waals surface area (Å²) in [6, 6.07) is 1.15. The number of carboxylic acid groups (broad SMARTS) is 1. The average molecular weight is 111 g/mol. The number of carbonyl (C=O) groups is 1. The molecular formula is C3HN3O2. The van der Waals surface area contributed by atoms with Crippen LogP contribution in [-0.2, 0) is 4.79 Å². The van der Waals surface area contributed by atoms with Gasteiger partial charge in [-0.3, -0.25) is 0 Å². The molecule has 0 aromatic carbocycles. The number of nitriles is 1. The van der Waals surface area contributed by atoms with E-state index >= 15 is 0 Å². The summed E-state index contributed by atoms with van der Waals surface area (Å²) >= 11 is 0. The zero-order valence-electron chi connectivity index (χ0n) is 3.70. The number of hydrogen-bond donors (Lipinski definition) is 1. The fourth-order valence-corrected chi connectivity index (χ4v) is 0.113. The van der Waals surface area contributed by atoms with Crippen molar-refractivity contribution in [2.75, 3.05) is 0 Å². The van der Waals surface area contributed by atoms with Crippen LogP contribution in [0.5, 0.6) is 0 Å². The Morgan fingerprint density at radius 1 is 1.88 bits per heavy atom. The van der Waals surface area contributed by atoms with Gasteiger partial charge in [0.05, 0.1) is 0 Å². The van der Waals surface area contributed by atoms with Crippen molar-refractivity contribution < 1.29 is 14.7 Å². The number of aliphatic carboxylic acids is 1. The lowest BCUT2D eigenvalue weighted by Gasteiger charge is -1.67. The molecule has 0 amide bonds. The van der Waals surface area contributed by atoms with Gasteiger partial charge in [-0.05, 0) is 0 Å². The van der Waals surface area contributed by atoms with Gasteiger partial charge >= 0.3 is 11.7 Å². The summed E-state index contributed by atoms with van der Waals surface area (Å²) in [5.41, 5.74) is 6.77. The normalized spacial score (nSPS) is 6.38. The number of nitrogens with zero attached hydrogens (tertiary/aromatic N) is 3. The largest absolute Gasteiger partial charge is 0.475 e. The topological polar surface area (TPSA) is 97.5 Å². The van der Waals surface area contributed by atoms with E-state index in [1.807, 2.05) is 0 Å². The molecule has 5 nitrogen and oxygen atoms in total. The summed E-state index contributed by atoms with van der Waals surface area (Å²) < 4.78 is 0. The van der Waals surface area contributed by atoms with E-state index < -0.39 is 11.7 Å². The minimum Gasteiger partial charge on any atom is -0.472 e. The first-order valence-corrected chi connectivity index (χ1v) is 1.57. The van der Waals surface area contributed by atoms with Gasteiger partial charge in [0.1, 0.15) is 0 Å². The number of hydrogen-bond acceptors (Lipinski definition) is 2. The van der Waals surface area contributed by atoms with Crippen LogP contribution in [0, 0.1) is 11.3 Å². The van der Waals surface area contributed by atoms with Crippen molar-refractivity contribution >= 4 is 11.7 Å². The third-order valence-electron chi connectivity index (χ3n) is 0.408. The van der Waals surface area contributed by atoms with Crippen LogP contribution in [0.4, 0.5) is 0 Å². The highest BCUT2D eigenvalue weighted by Crippen LogP contribution is 1.64. The van der Waals surface area contributed by atoms with Gasteiger partial charge in [-0.1, -0.05) is 0 Å². The summed E-state index contributed by atoms with van der Waals surface area (Å²) in [6.45, 7) is 0. The van der Waals surface area contributed by atoms with Crippen molar-refractivity contribution in [2.24, 2.45) is 0 Å². The molecule has 0 aromatic rings. The lowest BCUT2D eigenvalue weighted by molar-refractivity contribution is -0.133. The maximum Gasteiger partial charge on any atom is 0.475 e. The zero-order valence-corrected chi connectivity index (χ0v) is 3.70. The highest BCUT2D eigenvalue weighted by molar-refractivity contribution is 6.39. The molecule has 0 radical (unpaired) electrons. The Morgan fingerprint density at radius 3 is 2.38 bits per heavy atom. The van der Waals surface area contributed by atoms with Crippen LogP contribution in [0.25, 0.3) is 5.53 Å². The molecule has 1 N–H and O–H groups in total. The van der Waals surface area contributed by atoms with E-state index in [9.17, 15) is 4.79 Å². The van der Waals surface area contributed by atoms with Crippen molar-refractivity contribution in [1.82, 2.24) is 0 Å². The van der Waals surface area contributed by atoms with Crippen LogP contribution < -0.4 is 0 Å². The van der Waals surface area contributed by atoms with Gasteiger partial charge in [-0.2, -0.15) is 5.26 Å². The number of rotatable bonds is 1. The second-order valence-electron chi connectivity index (χ2n) is 0.866. The fourth-order valence-electron chi connectivity index (χ4n) is 0.113. The predicted octanol–water partition coefficient (Wildman–Crippen LogP) is -0.735. The zero-order chi connectivity index (χ0) is 6.57. The Bertz CT molecular complexity index is 195. The molecule has 0 atom stereocenters. The molecule has 0 aliphatic carbocycles. The lowest BCUT2D eigenvalue weighted by Crippen LogP contribution is -2.10. The molecule has 0 bridgehead atoms. The molecule has 5 heteroatoms. The molecule has 40 valence electrons.